The number of ether oxygens (including phenoxy) is 3. The molecule has 12 atom stereocenters. The number of phosphoric ester groups is 3. The van der Waals surface area contributed by atoms with Gasteiger partial charge in [-0.25, -0.2) is 19.3 Å². The van der Waals surface area contributed by atoms with Crippen molar-refractivity contribution in [2.75, 3.05) is 37.8 Å². The molecule has 2 saturated heterocycles. The second-order valence-corrected chi connectivity index (χ2v) is 26.1. The number of hydrogen-bond acceptors (Lipinski definition) is 26. The zero-order valence-corrected chi connectivity index (χ0v) is 49.5. The molecule has 0 radical (unpaired) electrons. The van der Waals surface area contributed by atoms with Gasteiger partial charge in [0.1, 0.15) is 42.4 Å². The van der Waals surface area contributed by atoms with E-state index in [0.717, 1.165) is 67.5 Å². The van der Waals surface area contributed by atoms with E-state index in [4.69, 9.17) is 19.9 Å². The Morgan fingerprint density at radius 3 is 2.02 bits per heavy atom. The molecule has 2 unspecified atom stereocenters. The molecule has 4 rings (SSSR count). The maximum atomic E-state index is 12.7. The van der Waals surface area contributed by atoms with Crippen LogP contribution in [-0.2, 0) is 60.2 Å². The number of carbonyl (C=O) groups is 3. The van der Waals surface area contributed by atoms with Gasteiger partial charge in [-0.2, -0.15) is 0 Å². The highest BCUT2D eigenvalue weighted by Crippen LogP contribution is 2.56. The van der Waals surface area contributed by atoms with Crippen LogP contribution in [0.3, 0.4) is 0 Å². The number of aliphatic hydroxyl groups is 4. The Labute approximate surface area is 471 Å². The minimum atomic E-state index is -5.93. The van der Waals surface area contributed by atoms with E-state index in [-0.39, 0.29) is 60.2 Å². The van der Waals surface area contributed by atoms with Crippen LogP contribution in [0.1, 0.15) is 162 Å². The van der Waals surface area contributed by atoms with E-state index in [1.807, 2.05) is 6.92 Å². The summed E-state index contributed by atoms with van der Waals surface area (Å²) in [5.41, 5.74) is 4.08. The molecular weight excluding hydrogens is 1140 g/mol. The van der Waals surface area contributed by atoms with Gasteiger partial charge in [0.05, 0.1) is 45.7 Å². The lowest BCUT2D eigenvalue weighted by Gasteiger charge is -2.36. The quantitative estimate of drug-likeness (QED) is 0.0372. The smallest absolute Gasteiger partial charge is 0.274 e. The SMILES string of the molecule is C[C@H](CCCCCCCCCCCCCCCCCCC(=O)SCCNC(=O)CCNC(=O)[C@H](O)C(C)(C)COP(=O)([O-])OP(=O)([O-])OC[C@H]1O[C@@H](n2cnc3c(N)ncnc32)[C@H](O)[C@@H]1OP(=O)([O-])[O-])O[C@@H]1O[C@@H](C)[C@H](O)C[C@H]1O. The molecule has 2 aromatic heterocycles. The topological polar surface area (TPSA) is 434 Å². The van der Waals surface area contributed by atoms with Gasteiger partial charge in [-0.3, -0.25) is 28.1 Å². The molecule has 2 aliphatic rings. The molecule has 2 aliphatic heterocycles. The number of carbonyl (C=O) groups excluding carboxylic acids is 3. The summed E-state index contributed by atoms with van der Waals surface area (Å²) in [5.74, 6) is -1.17. The summed E-state index contributed by atoms with van der Waals surface area (Å²) in [6.45, 7) is 3.93. The predicted molar refractivity (Wildman–Crippen MR) is 283 cm³/mol. The highest BCUT2D eigenvalue weighted by molar-refractivity contribution is 8.13. The van der Waals surface area contributed by atoms with Gasteiger partial charge >= 0.3 is 0 Å². The van der Waals surface area contributed by atoms with E-state index >= 15 is 0 Å². The summed E-state index contributed by atoms with van der Waals surface area (Å²) in [7, 11) is -17.6. The number of imidazole rings is 1. The predicted octanol–water partition coefficient (Wildman–Crippen LogP) is 2.42. The number of thioether (sulfide) groups is 1. The fourth-order valence-corrected chi connectivity index (χ4v) is 12.3. The number of nitrogens with one attached hydrogen (secondary N) is 2. The van der Waals surface area contributed by atoms with Gasteiger partial charge in [-0.15, -0.1) is 0 Å². The number of unbranched alkanes of at least 4 members (excludes halogenated alkanes) is 15. The monoisotopic (exact) mass is 1220 g/mol. The molecule has 2 amide bonds. The maximum absolute atomic E-state index is 12.7. The van der Waals surface area contributed by atoms with Crippen LogP contribution >= 0.6 is 35.2 Å². The molecule has 0 aromatic carbocycles. The van der Waals surface area contributed by atoms with E-state index in [1.54, 1.807) is 6.92 Å². The molecule has 2 aromatic rings. The summed E-state index contributed by atoms with van der Waals surface area (Å²) >= 11 is 1.13. The Kier molecular flexibility index (Phi) is 30.0. The summed E-state index contributed by atoms with van der Waals surface area (Å²) in [6, 6.07) is 0. The standard InChI is InChI=1S/C48H86N7O21P3S/c1-32(72-47-35(57)27-34(56)33(2)73-47)21-19-17-15-13-11-9-7-5-6-8-10-12-14-16-18-20-22-38(59)80-26-25-50-37(58)23-24-51-45(62)42(61)48(3,4)29-71-79(68,69)76-78(66,67)70-28-36-41(75-77(63,64)65)40(60)46(74-36)55-31-54-39-43(49)52-30-53-44(39)55/h30-36,40-42,46-47,56-57,60-61H,5-29H2,1-4H3,(H,50,58)(H,51,62)(H,66,67)(H,68,69)(H2,49,52,53)(H2,63,64,65)/p-4/t32-,33+,34-,35-,36-,40-,41-,42+,46-,47-/m1/s1. The Bertz CT molecular complexity index is 2360. The number of aliphatic hydroxyl groups excluding tert-OH is 4. The van der Waals surface area contributed by atoms with Crippen LogP contribution in [0.15, 0.2) is 12.7 Å². The molecule has 2 fully saturated rings. The lowest BCUT2D eigenvalue weighted by Crippen LogP contribution is -2.48. The first-order chi connectivity index (χ1) is 37.7. The van der Waals surface area contributed by atoms with Gasteiger partial charge in [0.25, 0.3) is 15.6 Å². The molecule has 0 bridgehead atoms. The largest absolute Gasteiger partial charge is 0.790 e. The number of amides is 2. The Morgan fingerprint density at radius 2 is 1.41 bits per heavy atom. The van der Waals surface area contributed by atoms with Crippen molar-refractivity contribution in [3.05, 3.63) is 12.7 Å². The molecule has 8 N–H and O–H groups in total. The first-order valence-corrected chi connectivity index (χ1v) is 32.7. The van der Waals surface area contributed by atoms with Gasteiger partial charge in [0.2, 0.25) is 11.8 Å². The second-order valence-electron chi connectivity index (χ2n) is 20.9. The lowest BCUT2D eigenvalue weighted by molar-refractivity contribution is -0.347. The van der Waals surface area contributed by atoms with Crippen molar-refractivity contribution in [3.63, 3.8) is 0 Å². The van der Waals surface area contributed by atoms with Gasteiger partial charge in [-0.1, -0.05) is 122 Å². The number of rotatable bonds is 40. The fraction of sp³-hybridized carbons (Fsp3) is 0.833. The third kappa shape index (κ3) is 25.3. The molecule has 460 valence electrons. The Balaban J connectivity index is 0.963. The molecule has 80 heavy (non-hydrogen) atoms. The second kappa shape index (κ2) is 34.4. The molecule has 4 heterocycles. The summed E-state index contributed by atoms with van der Waals surface area (Å²) in [6.07, 6.45) is 10.3. The average Bonchev–Trinajstić information content (AvgIpc) is 3.94. The van der Waals surface area contributed by atoms with Crippen molar-refractivity contribution in [1.29, 1.82) is 0 Å². The van der Waals surface area contributed by atoms with Crippen LogP contribution in [0, 0.1) is 5.41 Å². The first kappa shape index (κ1) is 69.9. The maximum Gasteiger partial charge on any atom is 0.274 e. The molecule has 0 saturated carbocycles. The molecule has 0 spiro atoms. The van der Waals surface area contributed by atoms with E-state index < -0.39 is 103 Å². The fourth-order valence-electron chi connectivity index (χ4n) is 8.88. The third-order valence-corrected chi connectivity index (χ3v) is 17.5. The van der Waals surface area contributed by atoms with E-state index in [2.05, 4.69) is 43.5 Å². The highest BCUT2D eigenvalue weighted by Gasteiger charge is 2.47. The summed E-state index contributed by atoms with van der Waals surface area (Å²) < 4.78 is 72.5. The minimum absolute atomic E-state index is 0.000581. The number of phosphoric acid groups is 3. The number of fused-ring (bicyclic) bond motifs is 1. The molecule has 28 nitrogen and oxygen atoms in total. The van der Waals surface area contributed by atoms with Crippen molar-refractivity contribution >= 4 is 69.1 Å². The number of hydrogen-bond donors (Lipinski definition) is 7. The van der Waals surface area contributed by atoms with Crippen molar-refractivity contribution in [2.24, 2.45) is 5.41 Å². The van der Waals surface area contributed by atoms with Gasteiger partial charge in [0.15, 0.2) is 29.1 Å². The number of nitrogens with zero attached hydrogens (tertiary/aromatic N) is 4. The molecule has 32 heteroatoms. The number of aromatic nitrogens is 4. The average molecular weight is 1220 g/mol. The van der Waals surface area contributed by atoms with E-state index in [0.29, 0.717) is 12.2 Å². The lowest BCUT2D eigenvalue weighted by atomic mass is 9.87. The Morgan fingerprint density at radius 1 is 0.825 bits per heavy atom. The summed E-state index contributed by atoms with van der Waals surface area (Å²) in [5, 5.41) is 46.5. The zero-order valence-electron chi connectivity index (χ0n) is 46.0. The van der Waals surface area contributed by atoms with E-state index in [9.17, 15) is 68.1 Å². The first-order valence-electron chi connectivity index (χ1n) is 27.3. The number of anilines is 1. The molecule has 0 aliphatic carbocycles. The van der Waals surface area contributed by atoms with E-state index in [1.165, 1.54) is 84.5 Å². The zero-order chi connectivity index (χ0) is 59.1. The van der Waals surface area contributed by atoms with Crippen molar-refractivity contribution in [3.8, 4) is 0 Å². The van der Waals surface area contributed by atoms with Crippen LogP contribution in [0.2, 0.25) is 0 Å². The van der Waals surface area contributed by atoms with Crippen LogP contribution in [0.25, 0.3) is 11.2 Å². The number of nitrogen functional groups attached to an aromatic ring is 1. The van der Waals surface area contributed by atoms with Crippen LogP contribution < -0.4 is 35.9 Å². The van der Waals surface area contributed by atoms with Crippen LogP contribution in [-0.4, -0.2) is 144 Å². The normalized spacial score (nSPS) is 24.1. The van der Waals surface area contributed by atoms with Gasteiger partial charge in [-0.05, 0) is 26.7 Å². The number of nitrogens with two attached hydrogens (primary N) is 1. The van der Waals surface area contributed by atoms with Crippen molar-refractivity contribution < 1.29 is 100 Å². The Hall–Kier alpha value is -2.60. The van der Waals surface area contributed by atoms with Gasteiger partial charge in [0, 0.05) is 43.5 Å². The van der Waals surface area contributed by atoms with Crippen LogP contribution in [0.5, 0.6) is 0 Å². The summed E-state index contributed by atoms with van der Waals surface area (Å²) in [4.78, 5) is 97.2. The van der Waals surface area contributed by atoms with Crippen molar-refractivity contribution in [2.45, 2.75) is 217 Å². The molecular formula is C48H82N7O21P3S-4. The minimum Gasteiger partial charge on any atom is -0.790 e. The van der Waals surface area contributed by atoms with Crippen LogP contribution in [0.4, 0.5) is 5.82 Å². The van der Waals surface area contributed by atoms with Crippen molar-refractivity contribution in [1.82, 2.24) is 30.2 Å². The van der Waals surface area contributed by atoms with Gasteiger partial charge < -0.3 is 88.7 Å². The highest BCUT2D eigenvalue weighted by atomic mass is 32.2. The third-order valence-electron chi connectivity index (χ3n) is 13.5.